The molecule has 0 saturated carbocycles. The number of likely N-dealkylation sites (tertiary alicyclic amines) is 1. The molecular weight excluding hydrogens is 572 g/mol. The Morgan fingerprint density at radius 3 is 1.96 bits per heavy atom. The number of rotatable bonds is 19. The van der Waals surface area contributed by atoms with E-state index in [4.69, 9.17) is 19.9 Å². The number of nitrogens with two attached hydrogens (primary N) is 1. The molecule has 1 rings (SSSR count). The first-order valence-electron chi connectivity index (χ1n) is 17.2. The van der Waals surface area contributed by atoms with Crippen LogP contribution in [0.4, 0.5) is 0 Å². The molecule has 10 heteroatoms. The standard InChI is InChI=1S/C26H48N2O5.C9H22N2O/c1-10-18(4)25(27(7)23(30)15-17(2)3)22(32-8)16-24(31)28-14-12-11-13-21(28)26(33-9)19(5)20(6)29;1-5-8(2)9(11(3)4)6-12-7-10/h17-19,21-22,25-26H,10-16H2,1-9H3;8-9H,5-7,10H2,1-4H3/t18?,19-,21-,22+,25-,26+;8?,9-/m01/s1. The number of amides is 2. The highest BCUT2D eigenvalue weighted by atomic mass is 16.5. The van der Waals surface area contributed by atoms with Crippen molar-refractivity contribution in [2.24, 2.45) is 29.4 Å². The second-order valence-corrected chi connectivity index (χ2v) is 13.7. The number of methoxy groups -OCH3 is 2. The lowest BCUT2D eigenvalue weighted by molar-refractivity contribution is -0.149. The number of hydrogen-bond donors (Lipinski definition) is 1. The summed E-state index contributed by atoms with van der Waals surface area (Å²) in [6.45, 7) is 17.9. The molecule has 0 spiro atoms. The van der Waals surface area contributed by atoms with Crippen LogP contribution in [-0.4, -0.2) is 118 Å². The molecule has 0 aromatic heterocycles. The van der Waals surface area contributed by atoms with Crippen molar-refractivity contribution in [3.63, 3.8) is 0 Å². The Hall–Kier alpha value is -1.59. The molecule has 2 unspecified atom stereocenters. The molecule has 2 amide bonds. The minimum Gasteiger partial charge on any atom is -0.379 e. The van der Waals surface area contributed by atoms with E-state index >= 15 is 0 Å². The summed E-state index contributed by atoms with van der Waals surface area (Å²) in [6, 6.07) is 0.168. The van der Waals surface area contributed by atoms with Crippen LogP contribution in [0.15, 0.2) is 0 Å². The summed E-state index contributed by atoms with van der Waals surface area (Å²) >= 11 is 0. The van der Waals surface area contributed by atoms with Gasteiger partial charge in [-0.3, -0.25) is 14.4 Å². The second kappa shape index (κ2) is 22.9. The maximum Gasteiger partial charge on any atom is 0.225 e. The number of hydrogen-bond acceptors (Lipinski definition) is 8. The summed E-state index contributed by atoms with van der Waals surface area (Å²) in [5.41, 5.74) is 5.28. The van der Waals surface area contributed by atoms with Crippen LogP contribution in [0.1, 0.15) is 100 Å². The molecule has 0 aliphatic carbocycles. The van der Waals surface area contributed by atoms with Crippen LogP contribution in [0, 0.1) is 23.7 Å². The Labute approximate surface area is 276 Å². The number of piperidine rings is 1. The van der Waals surface area contributed by atoms with E-state index in [-0.39, 0.29) is 60.0 Å². The van der Waals surface area contributed by atoms with Crippen LogP contribution in [0.2, 0.25) is 0 Å². The molecular formula is C35H70N4O6. The monoisotopic (exact) mass is 643 g/mol. The summed E-state index contributed by atoms with van der Waals surface area (Å²) in [5, 5.41) is 0. The molecule has 10 nitrogen and oxygen atoms in total. The van der Waals surface area contributed by atoms with Crippen molar-refractivity contribution in [2.45, 2.75) is 131 Å². The summed E-state index contributed by atoms with van der Waals surface area (Å²) in [6.07, 6.45) is 4.77. The van der Waals surface area contributed by atoms with Crippen LogP contribution in [0.3, 0.4) is 0 Å². The van der Waals surface area contributed by atoms with E-state index in [2.05, 4.69) is 46.7 Å². The molecule has 0 bridgehead atoms. The maximum atomic E-state index is 13.6. The summed E-state index contributed by atoms with van der Waals surface area (Å²) in [7, 11) is 9.23. The van der Waals surface area contributed by atoms with Gasteiger partial charge in [0.25, 0.3) is 0 Å². The normalized spacial score (nSPS) is 20.0. The fraction of sp³-hybridized carbons (Fsp3) is 0.914. The highest BCUT2D eigenvalue weighted by Gasteiger charge is 2.40. The van der Waals surface area contributed by atoms with Gasteiger partial charge in [0, 0.05) is 46.2 Å². The van der Waals surface area contributed by atoms with Gasteiger partial charge < -0.3 is 34.6 Å². The highest BCUT2D eigenvalue weighted by Crippen LogP contribution is 2.29. The van der Waals surface area contributed by atoms with Gasteiger partial charge in [0.1, 0.15) is 5.78 Å². The van der Waals surface area contributed by atoms with Crippen LogP contribution >= 0.6 is 0 Å². The summed E-state index contributed by atoms with van der Waals surface area (Å²) < 4.78 is 16.8. The first-order chi connectivity index (χ1) is 21.1. The minimum atomic E-state index is -0.401. The third-order valence-corrected chi connectivity index (χ3v) is 9.74. The lowest BCUT2D eigenvalue weighted by Crippen LogP contribution is -2.55. The Morgan fingerprint density at radius 1 is 0.911 bits per heavy atom. The molecule has 1 aliphatic heterocycles. The zero-order chi connectivity index (χ0) is 34.9. The number of ketones is 1. The van der Waals surface area contributed by atoms with E-state index < -0.39 is 6.10 Å². The van der Waals surface area contributed by atoms with Gasteiger partial charge in [0.05, 0.1) is 44.1 Å². The van der Waals surface area contributed by atoms with E-state index in [1.807, 2.05) is 32.7 Å². The number of nitrogens with zero attached hydrogens (tertiary/aromatic N) is 3. The largest absolute Gasteiger partial charge is 0.379 e. The van der Waals surface area contributed by atoms with Crippen molar-refractivity contribution in [3.8, 4) is 0 Å². The molecule has 1 aliphatic rings. The number of likely N-dealkylation sites (N-methyl/N-ethyl adjacent to an activating group) is 2. The van der Waals surface area contributed by atoms with E-state index in [0.29, 0.717) is 31.7 Å². The molecule has 1 heterocycles. The minimum absolute atomic E-state index is 0.00219. The predicted molar refractivity (Wildman–Crippen MR) is 183 cm³/mol. The van der Waals surface area contributed by atoms with Gasteiger partial charge in [-0.2, -0.15) is 0 Å². The van der Waals surface area contributed by atoms with Crippen molar-refractivity contribution >= 4 is 17.6 Å². The van der Waals surface area contributed by atoms with Gasteiger partial charge in [-0.15, -0.1) is 0 Å². The molecule has 8 atom stereocenters. The Balaban J connectivity index is 0.00000136. The topological polar surface area (TPSA) is 115 Å². The second-order valence-electron chi connectivity index (χ2n) is 13.7. The average molecular weight is 643 g/mol. The van der Waals surface area contributed by atoms with Crippen molar-refractivity contribution in [1.29, 1.82) is 0 Å². The third-order valence-electron chi connectivity index (χ3n) is 9.74. The molecule has 0 aromatic carbocycles. The Morgan fingerprint density at radius 2 is 1.51 bits per heavy atom. The predicted octanol–water partition coefficient (Wildman–Crippen LogP) is 4.83. The van der Waals surface area contributed by atoms with Gasteiger partial charge in [-0.1, -0.05) is 61.3 Å². The van der Waals surface area contributed by atoms with E-state index in [1.54, 1.807) is 26.0 Å². The van der Waals surface area contributed by atoms with Crippen molar-refractivity contribution in [2.75, 3.05) is 55.2 Å². The molecule has 1 fully saturated rings. The first-order valence-corrected chi connectivity index (χ1v) is 17.2. The fourth-order valence-electron chi connectivity index (χ4n) is 6.35. The van der Waals surface area contributed by atoms with Crippen LogP contribution in [0.5, 0.6) is 0 Å². The lowest BCUT2D eigenvalue weighted by atomic mass is 9.87. The van der Waals surface area contributed by atoms with Crippen molar-refractivity contribution in [1.82, 2.24) is 14.7 Å². The van der Waals surface area contributed by atoms with Gasteiger partial charge in [0.15, 0.2) is 0 Å². The summed E-state index contributed by atoms with van der Waals surface area (Å²) in [4.78, 5) is 44.4. The van der Waals surface area contributed by atoms with Gasteiger partial charge in [0.2, 0.25) is 11.8 Å². The van der Waals surface area contributed by atoms with E-state index in [9.17, 15) is 14.4 Å². The Kier molecular flexibility index (Phi) is 22.0. The van der Waals surface area contributed by atoms with Crippen LogP contribution in [0.25, 0.3) is 0 Å². The highest BCUT2D eigenvalue weighted by molar-refractivity contribution is 5.80. The molecule has 45 heavy (non-hydrogen) atoms. The Bertz CT molecular complexity index is 841. The molecule has 0 aromatic rings. The van der Waals surface area contributed by atoms with Crippen LogP contribution < -0.4 is 5.73 Å². The average Bonchev–Trinajstić information content (AvgIpc) is 3.00. The smallest absolute Gasteiger partial charge is 0.225 e. The lowest BCUT2D eigenvalue weighted by Gasteiger charge is -2.43. The quantitative estimate of drug-likeness (QED) is 0.200. The van der Waals surface area contributed by atoms with Crippen LogP contribution in [-0.2, 0) is 28.6 Å². The zero-order valence-electron chi connectivity index (χ0n) is 31.1. The van der Waals surface area contributed by atoms with Gasteiger partial charge in [-0.05, 0) is 58.0 Å². The van der Waals surface area contributed by atoms with Gasteiger partial charge in [-0.25, -0.2) is 0 Å². The summed E-state index contributed by atoms with van der Waals surface area (Å²) in [5.74, 6) is 0.981. The van der Waals surface area contributed by atoms with E-state index in [1.165, 1.54) is 6.42 Å². The molecule has 266 valence electrons. The zero-order valence-corrected chi connectivity index (χ0v) is 31.1. The third kappa shape index (κ3) is 14.4. The maximum absolute atomic E-state index is 13.6. The number of Topliss-reactive ketones (excluding diaryl/α,β-unsaturated/α-hetero) is 1. The number of carbonyl (C=O) groups is 3. The van der Waals surface area contributed by atoms with Gasteiger partial charge >= 0.3 is 0 Å². The van der Waals surface area contributed by atoms with Crippen molar-refractivity contribution in [3.05, 3.63) is 0 Å². The fourth-order valence-corrected chi connectivity index (χ4v) is 6.35. The molecule has 1 saturated heterocycles. The van der Waals surface area contributed by atoms with Crippen molar-refractivity contribution < 1.29 is 28.6 Å². The number of ether oxygens (including phenoxy) is 3. The SMILES string of the molecule is CCC(C)[C@@H](COCN)N(C)C.CCC(C)[C@@H]([C@@H](CC(=O)N1CCCC[C@H]1[C@H](OC)[C@@H](C)C(C)=O)OC)N(C)C(=O)CC(C)C. The first kappa shape index (κ1) is 43.4. The van der Waals surface area contributed by atoms with E-state index in [0.717, 1.165) is 32.3 Å². The number of carbonyl (C=O) groups excluding carboxylic acids is 3. The molecule has 2 N–H and O–H groups in total. The molecule has 0 radical (unpaired) electrons.